The molecule has 2 heteroatoms. The highest BCUT2D eigenvalue weighted by atomic mass is 16.5. The number of methoxy groups -OCH3 is 1. The van der Waals surface area contributed by atoms with Gasteiger partial charge in [-0.1, -0.05) is 27.2 Å². The molecule has 0 aliphatic carbocycles. The fraction of sp³-hybridized carbons (Fsp3) is 1.00. The van der Waals surface area contributed by atoms with Crippen molar-refractivity contribution in [3.63, 3.8) is 0 Å². The molecule has 70 valence electrons. The van der Waals surface area contributed by atoms with Crippen LogP contribution in [0, 0.1) is 0 Å². The summed E-state index contributed by atoms with van der Waals surface area (Å²) in [5.74, 6) is 0. The molecule has 0 amide bonds. The van der Waals surface area contributed by atoms with Gasteiger partial charge < -0.3 is 10.1 Å². The van der Waals surface area contributed by atoms with Crippen molar-refractivity contribution >= 4 is 0 Å². The topological polar surface area (TPSA) is 21.3 Å². The third kappa shape index (κ3) is 13.0. The lowest BCUT2D eigenvalue weighted by atomic mass is 10.3. The Bertz CT molecular complexity index is 53.5. The lowest BCUT2D eigenvalue weighted by molar-refractivity contribution is 0.100. The first-order valence-electron chi connectivity index (χ1n) is 4.44. The largest absolute Gasteiger partial charge is 0.380 e. The first kappa shape index (κ1) is 13.5. The first-order valence-corrected chi connectivity index (χ1v) is 4.44. The Balaban J connectivity index is 0. The maximum atomic E-state index is 5.08. The predicted molar refractivity (Wildman–Crippen MR) is 51.0 cm³/mol. The van der Waals surface area contributed by atoms with Crippen molar-refractivity contribution < 1.29 is 4.74 Å². The molecule has 0 unspecified atom stereocenters. The van der Waals surface area contributed by atoms with Gasteiger partial charge in [-0.05, 0) is 13.5 Å². The van der Waals surface area contributed by atoms with Crippen LogP contribution >= 0.6 is 0 Å². The summed E-state index contributed by atoms with van der Waals surface area (Å²) in [7, 11) is 3.67. The quantitative estimate of drug-likeness (QED) is 0.681. The summed E-state index contributed by atoms with van der Waals surface area (Å²) in [5, 5.41) is 3.04. The summed E-state index contributed by atoms with van der Waals surface area (Å²) in [6.07, 6.45) is 2.72. The van der Waals surface area contributed by atoms with Gasteiger partial charge in [-0.15, -0.1) is 0 Å². The zero-order chi connectivity index (χ0) is 9.11. The van der Waals surface area contributed by atoms with E-state index in [-0.39, 0.29) is 0 Å². The highest BCUT2D eigenvalue weighted by molar-refractivity contribution is 4.54. The number of rotatable bonds is 4. The van der Waals surface area contributed by atoms with Crippen molar-refractivity contribution in [3.05, 3.63) is 0 Å². The number of hydrogen-bond acceptors (Lipinski definition) is 2. The van der Waals surface area contributed by atoms with Crippen molar-refractivity contribution in [1.29, 1.82) is 0 Å². The van der Waals surface area contributed by atoms with E-state index in [4.69, 9.17) is 4.74 Å². The van der Waals surface area contributed by atoms with E-state index >= 15 is 0 Å². The SMILES string of the molecule is CCC.CC[C@H](CNC)OC. The molecule has 0 aliphatic heterocycles. The molecule has 0 saturated heterocycles. The molecule has 0 rings (SSSR count). The highest BCUT2D eigenvalue weighted by Gasteiger charge is 1.98. The van der Waals surface area contributed by atoms with E-state index in [0.717, 1.165) is 13.0 Å². The Morgan fingerprint density at radius 1 is 1.27 bits per heavy atom. The smallest absolute Gasteiger partial charge is 0.0692 e. The number of likely N-dealkylation sites (N-methyl/N-ethyl adjacent to an activating group) is 1. The molecule has 0 aliphatic rings. The van der Waals surface area contributed by atoms with E-state index in [2.05, 4.69) is 26.1 Å². The lowest BCUT2D eigenvalue weighted by Crippen LogP contribution is -2.24. The second-order valence-electron chi connectivity index (χ2n) is 2.53. The van der Waals surface area contributed by atoms with Crippen molar-refractivity contribution in [2.45, 2.75) is 39.7 Å². The standard InChI is InChI=1S/C6H15NO.C3H8/c1-4-6(8-3)5-7-2;1-3-2/h6-7H,4-5H2,1-3H3;3H2,1-2H3/t6-;/m1./s1. The molecule has 2 nitrogen and oxygen atoms in total. The first-order chi connectivity index (χ1) is 5.26. The molecule has 0 aromatic carbocycles. The van der Waals surface area contributed by atoms with Crippen LogP contribution in [-0.2, 0) is 4.74 Å². The molecule has 0 heterocycles. The summed E-state index contributed by atoms with van der Waals surface area (Å²) in [6.45, 7) is 7.32. The van der Waals surface area contributed by atoms with E-state index in [1.165, 1.54) is 6.42 Å². The monoisotopic (exact) mass is 161 g/mol. The van der Waals surface area contributed by atoms with Gasteiger partial charge in [0, 0.05) is 13.7 Å². The van der Waals surface area contributed by atoms with Gasteiger partial charge in [-0.25, -0.2) is 0 Å². The fourth-order valence-electron chi connectivity index (χ4n) is 0.622. The highest BCUT2D eigenvalue weighted by Crippen LogP contribution is 1.91. The molecule has 11 heavy (non-hydrogen) atoms. The van der Waals surface area contributed by atoms with Crippen LogP contribution in [0.15, 0.2) is 0 Å². The van der Waals surface area contributed by atoms with Gasteiger partial charge in [0.05, 0.1) is 6.10 Å². The Morgan fingerprint density at radius 2 is 1.73 bits per heavy atom. The van der Waals surface area contributed by atoms with Crippen LogP contribution in [0.4, 0.5) is 0 Å². The van der Waals surface area contributed by atoms with Crippen LogP contribution in [0.2, 0.25) is 0 Å². The minimum atomic E-state index is 0.389. The number of nitrogens with one attached hydrogen (secondary N) is 1. The maximum Gasteiger partial charge on any atom is 0.0692 e. The molecule has 0 aromatic rings. The minimum absolute atomic E-state index is 0.389. The van der Waals surface area contributed by atoms with Gasteiger partial charge in [0.25, 0.3) is 0 Å². The molecule has 0 bridgehead atoms. The molecular weight excluding hydrogens is 138 g/mol. The van der Waals surface area contributed by atoms with Crippen molar-refractivity contribution in [3.8, 4) is 0 Å². The van der Waals surface area contributed by atoms with Gasteiger partial charge >= 0.3 is 0 Å². The Hall–Kier alpha value is -0.0800. The summed E-state index contributed by atoms with van der Waals surface area (Å²) in [5.41, 5.74) is 0. The van der Waals surface area contributed by atoms with Gasteiger partial charge in [0.1, 0.15) is 0 Å². The molecular formula is C9H23NO. The predicted octanol–water partition coefficient (Wildman–Crippen LogP) is 2.05. The zero-order valence-corrected chi connectivity index (χ0v) is 8.61. The molecule has 0 radical (unpaired) electrons. The van der Waals surface area contributed by atoms with Crippen LogP contribution in [0.3, 0.4) is 0 Å². The number of ether oxygens (including phenoxy) is 1. The Labute approximate surface area is 71.3 Å². The second kappa shape index (κ2) is 12.6. The number of hydrogen-bond donors (Lipinski definition) is 1. The summed E-state index contributed by atoms with van der Waals surface area (Å²) in [6, 6.07) is 0. The molecule has 0 spiro atoms. The van der Waals surface area contributed by atoms with E-state index in [1.54, 1.807) is 7.11 Å². The van der Waals surface area contributed by atoms with Crippen molar-refractivity contribution in [1.82, 2.24) is 5.32 Å². The van der Waals surface area contributed by atoms with Gasteiger partial charge in [-0.2, -0.15) is 0 Å². The van der Waals surface area contributed by atoms with E-state index in [1.807, 2.05) is 7.05 Å². The Kier molecular flexibility index (Phi) is 15.4. The van der Waals surface area contributed by atoms with Crippen LogP contribution < -0.4 is 5.32 Å². The maximum absolute atomic E-state index is 5.08. The van der Waals surface area contributed by atoms with Crippen LogP contribution in [0.1, 0.15) is 33.6 Å². The summed E-state index contributed by atoms with van der Waals surface area (Å²) in [4.78, 5) is 0. The van der Waals surface area contributed by atoms with E-state index in [0.29, 0.717) is 6.10 Å². The van der Waals surface area contributed by atoms with Gasteiger partial charge in [-0.3, -0.25) is 0 Å². The molecule has 0 saturated carbocycles. The minimum Gasteiger partial charge on any atom is -0.380 e. The van der Waals surface area contributed by atoms with E-state index < -0.39 is 0 Å². The third-order valence-corrected chi connectivity index (χ3v) is 1.22. The van der Waals surface area contributed by atoms with E-state index in [9.17, 15) is 0 Å². The lowest BCUT2D eigenvalue weighted by Gasteiger charge is -2.10. The molecule has 0 aromatic heterocycles. The average molecular weight is 161 g/mol. The van der Waals surface area contributed by atoms with Gasteiger partial charge in [0.2, 0.25) is 0 Å². The molecule has 0 fully saturated rings. The third-order valence-electron chi connectivity index (χ3n) is 1.22. The summed E-state index contributed by atoms with van der Waals surface area (Å²) < 4.78 is 5.08. The zero-order valence-electron chi connectivity index (χ0n) is 8.61. The van der Waals surface area contributed by atoms with Crippen LogP contribution in [0.5, 0.6) is 0 Å². The molecule has 1 N–H and O–H groups in total. The van der Waals surface area contributed by atoms with Crippen molar-refractivity contribution in [2.24, 2.45) is 0 Å². The average Bonchev–Trinajstić information content (AvgIpc) is 2.02. The second-order valence-corrected chi connectivity index (χ2v) is 2.53. The molecule has 1 atom stereocenters. The fourth-order valence-corrected chi connectivity index (χ4v) is 0.622. The van der Waals surface area contributed by atoms with Crippen LogP contribution in [-0.4, -0.2) is 26.8 Å². The van der Waals surface area contributed by atoms with Gasteiger partial charge in [0.15, 0.2) is 0 Å². The van der Waals surface area contributed by atoms with Crippen molar-refractivity contribution in [2.75, 3.05) is 20.7 Å². The Morgan fingerprint density at radius 3 is 1.82 bits per heavy atom. The van der Waals surface area contributed by atoms with Crippen LogP contribution in [0.25, 0.3) is 0 Å². The summed E-state index contributed by atoms with van der Waals surface area (Å²) >= 11 is 0. The normalized spacial score (nSPS) is 11.7.